The van der Waals surface area contributed by atoms with E-state index in [1.165, 1.54) is 26.4 Å². The molecule has 0 saturated heterocycles. The summed E-state index contributed by atoms with van der Waals surface area (Å²) in [6, 6.07) is 8.96. The van der Waals surface area contributed by atoms with Gasteiger partial charge in [-0.15, -0.1) is 0 Å². The SMILES string of the molecule is COc1cc(Cl)c(NC(=O)NCCc2cccc(F)c2)cc1OC. The van der Waals surface area contributed by atoms with Gasteiger partial charge in [-0.05, 0) is 24.1 Å². The zero-order valence-electron chi connectivity index (χ0n) is 13.4. The molecule has 128 valence electrons. The van der Waals surface area contributed by atoms with Crippen molar-refractivity contribution in [1.29, 1.82) is 0 Å². The van der Waals surface area contributed by atoms with E-state index in [2.05, 4.69) is 10.6 Å². The van der Waals surface area contributed by atoms with Gasteiger partial charge in [0.05, 0.1) is 24.9 Å². The molecule has 2 aromatic carbocycles. The van der Waals surface area contributed by atoms with E-state index >= 15 is 0 Å². The zero-order chi connectivity index (χ0) is 17.5. The van der Waals surface area contributed by atoms with Crippen LogP contribution in [0.2, 0.25) is 5.02 Å². The Morgan fingerprint density at radius 2 is 1.88 bits per heavy atom. The average Bonchev–Trinajstić information content (AvgIpc) is 2.56. The Kier molecular flexibility index (Phi) is 6.26. The van der Waals surface area contributed by atoms with Crippen LogP contribution in [-0.4, -0.2) is 26.8 Å². The summed E-state index contributed by atoms with van der Waals surface area (Å²) < 4.78 is 23.4. The predicted octanol–water partition coefficient (Wildman–Crippen LogP) is 3.86. The van der Waals surface area contributed by atoms with Crippen LogP contribution >= 0.6 is 11.6 Å². The van der Waals surface area contributed by atoms with Crippen molar-refractivity contribution < 1.29 is 18.7 Å². The number of hydrogen-bond donors (Lipinski definition) is 2. The van der Waals surface area contributed by atoms with Crippen molar-refractivity contribution in [2.75, 3.05) is 26.1 Å². The highest BCUT2D eigenvalue weighted by Gasteiger charge is 2.12. The van der Waals surface area contributed by atoms with E-state index in [1.807, 2.05) is 0 Å². The molecule has 2 rings (SSSR count). The van der Waals surface area contributed by atoms with Gasteiger partial charge in [0.1, 0.15) is 5.82 Å². The second-order valence-corrected chi connectivity index (χ2v) is 5.36. The van der Waals surface area contributed by atoms with Gasteiger partial charge in [-0.3, -0.25) is 0 Å². The minimum absolute atomic E-state index is 0.297. The summed E-state index contributed by atoms with van der Waals surface area (Å²) in [5.41, 5.74) is 1.21. The molecule has 0 radical (unpaired) electrons. The fraction of sp³-hybridized carbons (Fsp3) is 0.235. The third-order valence-electron chi connectivity index (χ3n) is 3.31. The molecule has 7 heteroatoms. The van der Waals surface area contributed by atoms with Crippen molar-refractivity contribution in [1.82, 2.24) is 5.32 Å². The molecule has 2 aromatic rings. The first kappa shape index (κ1) is 17.9. The first-order valence-corrected chi connectivity index (χ1v) is 7.62. The van der Waals surface area contributed by atoms with Crippen LogP contribution in [0.3, 0.4) is 0 Å². The number of nitrogens with one attached hydrogen (secondary N) is 2. The fourth-order valence-corrected chi connectivity index (χ4v) is 2.33. The van der Waals surface area contributed by atoms with Gasteiger partial charge in [0, 0.05) is 18.7 Å². The Morgan fingerprint density at radius 3 is 2.54 bits per heavy atom. The van der Waals surface area contributed by atoms with Crippen molar-refractivity contribution in [2.45, 2.75) is 6.42 Å². The lowest BCUT2D eigenvalue weighted by Crippen LogP contribution is -2.30. The molecule has 0 aliphatic carbocycles. The standard InChI is InChI=1S/C17H18ClFN2O3/c1-23-15-9-13(18)14(10-16(15)24-2)21-17(22)20-7-6-11-4-3-5-12(19)8-11/h3-5,8-10H,6-7H2,1-2H3,(H2,20,21,22). The maximum Gasteiger partial charge on any atom is 0.319 e. The minimum atomic E-state index is -0.416. The third kappa shape index (κ3) is 4.76. The Balaban J connectivity index is 1.92. The fourth-order valence-electron chi connectivity index (χ4n) is 2.13. The summed E-state index contributed by atoms with van der Waals surface area (Å²) in [6.45, 7) is 0.361. The predicted molar refractivity (Wildman–Crippen MR) is 91.7 cm³/mol. The lowest BCUT2D eigenvalue weighted by Gasteiger charge is -2.13. The molecular weight excluding hydrogens is 335 g/mol. The van der Waals surface area contributed by atoms with Crippen molar-refractivity contribution >= 4 is 23.3 Å². The molecule has 0 atom stereocenters. The Hall–Kier alpha value is -2.47. The normalized spacial score (nSPS) is 10.2. The largest absolute Gasteiger partial charge is 0.493 e. The van der Waals surface area contributed by atoms with Crippen LogP contribution in [0.5, 0.6) is 11.5 Å². The number of carbonyl (C=O) groups excluding carboxylic acids is 1. The smallest absolute Gasteiger partial charge is 0.319 e. The molecule has 0 bridgehead atoms. The van der Waals surface area contributed by atoms with E-state index in [0.29, 0.717) is 35.2 Å². The van der Waals surface area contributed by atoms with E-state index in [-0.39, 0.29) is 5.82 Å². The molecular formula is C17H18ClFN2O3. The number of rotatable bonds is 6. The summed E-state index contributed by atoms with van der Waals surface area (Å²) in [4.78, 5) is 11.9. The number of urea groups is 1. The summed E-state index contributed by atoms with van der Waals surface area (Å²) in [6.07, 6.45) is 0.519. The average molecular weight is 353 g/mol. The molecule has 0 fully saturated rings. The van der Waals surface area contributed by atoms with Gasteiger partial charge in [0.25, 0.3) is 0 Å². The zero-order valence-corrected chi connectivity index (χ0v) is 14.1. The molecule has 0 spiro atoms. The molecule has 0 unspecified atom stereocenters. The van der Waals surface area contributed by atoms with Crippen molar-refractivity contribution in [3.8, 4) is 11.5 Å². The summed E-state index contributed by atoms with van der Waals surface area (Å²) in [7, 11) is 3.00. The molecule has 5 nitrogen and oxygen atoms in total. The van der Waals surface area contributed by atoms with Gasteiger partial charge in [0.15, 0.2) is 11.5 Å². The van der Waals surface area contributed by atoms with Gasteiger partial charge in [-0.25, -0.2) is 9.18 Å². The monoisotopic (exact) mass is 352 g/mol. The molecule has 2 amide bonds. The highest BCUT2D eigenvalue weighted by Crippen LogP contribution is 2.35. The van der Waals surface area contributed by atoms with Crippen molar-refractivity contribution in [3.63, 3.8) is 0 Å². The second kappa shape index (κ2) is 8.40. The highest BCUT2D eigenvalue weighted by atomic mass is 35.5. The van der Waals surface area contributed by atoms with E-state index in [1.54, 1.807) is 24.3 Å². The molecule has 2 N–H and O–H groups in total. The van der Waals surface area contributed by atoms with Crippen LogP contribution < -0.4 is 20.1 Å². The first-order valence-electron chi connectivity index (χ1n) is 7.24. The second-order valence-electron chi connectivity index (χ2n) is 4.95. The van der Waals surface area contributed by atoms with Gasteiger partial charge in [0.2, 0.25) is 0 Å². The number of ether oxygens (including phenoxy) is 2. The topological polar surface area (TPSA) is 59.6 Å². The molecule has 24 heavy (non-hydrogen) atoms. The Labute approximate surface area is 144 Å². The van der Waals surface area contributed by atoms with Gasteiger partial charge in [-0.1, -0.05) is 23.7 Å². The lowest BCUT2D eigenvalue weighted by atomic mass is 10.1. The lowest BCUT2D eigenvalue weighted by molar-refractivity contribution is 0.252. The van der Waals surface area contributed by atoms with Crippen LogP contribution in [0.4, 0.5) is 14.9 Å². The molecule has 0 aliphatic heterocycles. The Bertz CT molecular complexity index is 725. The third-order valence-corrected chi connectivity index (χ3v) is 3.62. The molecule has 0 aliphatic rings. The number of hydrogen-bond acceptors (Lipinski definition) is 3. The number of amides is 2. The summed E-state index contributed by atoms with van der Waals surface area (Å²) in [5.74, 6) is 0.630. The minimum Gasteiger partial charge on any atom is -0.493 e. The maximum atomic E-state index is 13.1. The van der Waals surface area contributed by atoms with Crippen LogP contribution in [-0.2, 0) is 6.42 Å². The van der Waals surface area contributed by atoms with E-state index in [4.69, 9.17) is 21.1 Å². The number of carbonyl (C=O) groups is 1. The van der Waals surface area contributed by atoms with Gasteiger partial charge >= 0.3 is 6.03 Å². The summed E-state index contributed by atoms with van der Waals surface area (Å²) in [5, 5.41) is 5.66. The Morgan fingerprint density at radius 1 is 1.17 bits per heavy atom. The van der Waals surface area contributed by atoms with E-state index < -0.39 is 6.03 Å². The van der Waals surface area contributed by atoms with Crippen molar-refractivity contribution in [2.24, 2.45) is 0 Å². The number of methoxy groups -OCH3 is 2. The summed E-state index contributed by atoms with van der Waals surface area (Å²) >= 11 is 6.11. The molecule has 0 heterocycles. The van der Waals surface area contributed by atoms with E-state index in [9.17, 15) is 9.18 Å². The maximum absolute atomic E-state index is 13.1. The van der Waals surface area contributed by atoms with Gasteiger partial charge < -0.3 is 20.1 Å². The molecule has 0 aromatic heterocycles. The van der Waals surface area contributed by atoms with Crippen molar-refractivity contribution in [3.05, 3.63) is 52.8 Å². The quantitative estimate of drug-likeness (QED) is 0.830. The van der Waals surface area contributed by atoms with Crippen LogP contribution in [0, 0.1) is 5.82 Å². The highest BCUT2D eigenvalue weighted by molar-refractivity contribution is 6.34. The number of anilines is 1. The van der Waals surface area contributed by atoms with E-state index in [0.717, 1.165) is 5.56 Å². The van der Waals surface area contributed by atoms with Gasteiger partial charge in [-0.2, -0.15) is 0 Å². The van der Waals surface area contributed by atoms with Crippen LogP contribution in [0.15, 0.2) is 36.4 Å². The van der Waals surface area contributed by atoms with Crippen LogP contribution in [0.25, 0.3) is 0 Å². The molecule has 0 saturated carbocycles. The number of halogens is 2. The first-order chi connectivity index (χ1) is 11.5. The van der Waals surface area contributed by atoms with Crippen LogP contribution in [0.1, 0.15) is 5.56 Å². The number of benzene rings is 2.